The zero-order valence-electron chi connectivity index (χ0n) is 11.9. The van der Waals surface area contributed by atoms with Crippen LogP contribution in [-0.4, -0.2) is 7.05 Å². The Labute approximate surface area is 115 Å². The molecule has 0 saturated heterocycles. The third-order valence-corrected chi connectivity index (χ3v) is 3.53. The standard InChI is InChI=1S/C17H22N2/c1-13-6-4-5-7-16(13)12-19(3)17-10-8-15(9-11-17)14(2)18/h4-11,14H,12,18H2,1-3H3. The fraction of sp³-hybridized carbons (Fsp3) is 0.294. The average molecular weight is 254 g/mol. The number of hydrogen-bond donors (Lipinski definition) is 1. The maximum Gasteiger partial charge on any atom is 0.0428 e. The molecule has 2 nitrogen and oxygen atoms in total. The van der Waals surface area contributed by atoms with Gasteiger partial charge >= 0.3 is 0 Å². The number of nitrogens with two attached hydrogens (primary N) is 1. The first-order valence-electron chi connectivity index (χ1n) is 6.69. The Morgan fingerprint density at radius 3 is 2.26 bits per heavy atom. The van der Waals surface area contributed by atoms with E-state index in [0.29, 0.717) is 0 Å². The van der Waals surface area contributed by atoms with E-state index in [4.69, 9.17) is 5.73 Å². The van der Waals surface area contributed by atoms with Crippen molar-refractivity contribution < 1.29 is 0 Å². The van der Waals surface area contributed by atoms with Crippen LogP contribution in [0.1, 0.15) is 29.7 Å². The topological polar surface area (TPSA) is 29.3 Å². The van der Waals surface area contributed by atoms with Crippen molar-refractivity contribution in [2.45, 2.75) is 26.4 Å². The molecule has 100 valence electrons. The lowest BCUT2D eigenvalue weighted by atomic mass is 10.1. The number of aryl methyl sites for hydroxylation is 1. The predicted octanol–water partition coefficient (Wildman–Crippen LogP) is 3.65. The van der Waals surface area contributed by atoms with Crippen LogP contribution in [0, 0.1) is 6.92 Å². The van der Waals surface area contributed by atoms with Gasteiger partial charge in [-0.05, 0) is 42.7 Å². The quantitative estimate of drug-likeness (QED) is 0.902. The summed E-state index contributed by atoms with van der Waals surface area (Å²) in [5.74, 6) is 0. The summed E-state index contributed by atoms with van der Waals surface area (Å²) < 4.78 is 0. The molecule has 0 spiro atoms. The number of hydrogen-bond acceptors (Lipinski definition) is 2. The second-order valence-corrected chi connectivity index (χ2v) is 5.16. The Bertz CT molecular complexity index is 529. The second-order valence-electron chi connectivity index (χ2n) is 5.16. The number of rotatable bonds is 4. The van der Waals surface area contributed by atoms with Gasteiger partial charge in [-0.15, -0.1) is 0 Å². The fourth-order valence-corrected chi connectivity index (χ4v) is 2.17. The zero-order chi connectivity index (χ0) is 13.8. The molecule has 2 N–H and O–H groups in total. The summed E-state index contributed by atoms with van der Waals surface area (Å²) in [5, 5.41) is 0. The zero-order valence-corrected chi connectivity index (χ0v) is 11.9. The Morgan fingerprint density at radius 2 is 1.68 bits per heavy atom. The van der Waals surface area contributed by atoms with E-state index in [1.807, 2.05) is 6.92 Å². The lowest BCUT2D eigenvalue weighted by molar-refractivity contribution is 0.817. The number of nitrogens with zero attached hydrogens (tertiary/aromatic N) is 1. The van der Waals surface area contributed by atoms with E-state index in [0.717, 1.165) is 6.54 Å². The van der Waals surface area contributed by atoms with Gasteiger partial charge < -0.3 is 10.6 Å². The van der Waals surface area contributed by atoms with Crippen LogP contribution in [0.4, 0.5) is 5.69 Å². The maximum absolute atomic E-state index is 5.87. The normalized spacial score (nSPS) is 12.2. The summed E-state index contributed by atoms with van der Waals surface area (Å²) in [4.78, 5) is 2.26. The summed E-state index contributed by atoms with van der Waals surface area (Å²) >= 11 is 0. The van der Waals surface area contributed by atoms with Crippen LogP contribution in [0.5, 0.6) is 0 Å². The first-order chi connectivity index (χ1) is 9.08. The molecule has 2 rings (SSSR count). The van der Waals surface area contributed by atoms with Crippen LogP contribution in [0.3, 0.4) is 0 Å². The molecule has 0 aliphatic carbocycles. The Balaban J connectivity index is 2.12. The molecule has 0 aliphatic heterocycles. The van der Waals surface area contributed by atoms with Crippen molar-refractivity contribution in [2.24, 2.45) is 5.73 Å². The number of benzene rings is 2. The highest BCUT2D eigenvalue weighted by molar-refractivity contribution is 5.48. The molecule has 1 unspecified atom stereocenters. The van der Waals surface area contributed by atoms with E-state index < -0.39 is 0 Å². The SMILES string of the molecule is Cc1ccccc1CN(C)c1ccc(C(C)N)cc1. The van der Waals surface area contributed by atoms with E-state index >= 15 is 0 Å². The van der Waals surface area contributed by atoms with Crippen molar-refractivity contribution in [3.8, 4) is 0 Å². The first-order valence-corrected chi connectivity index (χ1v) is 6.69. The summed E-state index contributed by atoms with van der Waals surface area (Å²) in [7, 11) is 2.12. The van der Waals surface area contributed by atoms with Crippen molar-refractivity contribution in [1.82, 2.24) is 0 Å². The molecule has 2 aromatic rings. The van der Waals surface area contributed by atoms with Gasteiger partial charge in [0.25, 0.3) is 0 Å². The van der Waals surface area contributed by atoms with Gasteiger partial charge in [0.15, 0.2) is 0 Å². The summed E-state index contributed by atoms with van der Waals surface area (Å²) in [5.41, 5.74) is 11.0. The van der Waals surface area contributed by atoms with Gasteiger partial charge in [-0.25, -0.2) is 0 Å². The van der Waals surface area contributed by atoms with E-state index in [9.17, 15) is 0 Å². The van der Waals surface area contributed by atoms with Gasteiger partial charge in [-0.3, -0.25) is 0 Å². The number of anilines is 1. The highest BCUT2D eigenvalue weighted by Gasteiger charge is 2.05. The van der Waals surface area contributed by atoms with Gasteiger partial charge in [0.1, 0.15) is 0 Å². The highest BCUT2D eigenvalue weighted by Crippen LogP contribution is 2.19. The molecule has 0 radical (unpaired) electrons. The third-order valence-electron chi connectivity index (χ3n) is 3.53. The molecule has 2 heteroatoms. The average Bonchev–Trinajstić information content (AvgIpc) is 2.41. The molecule has 1 atom stereocenters. The minimum atomic E-state index is 0.0933. The predicted molar refractivity (Wildman–Crippen MR) is 82.3 cm³/mol. The molecular formula is C17H22N2. The molecule has 0 saturated carbocycles. The van der Waals surface area contributed by atoms with Crippen LogP contribution in [0.25, 0.3) is 0 Å². The molecule has 19 heavy (non-hydrogen) atoms. The summed E-state index contributed by atoms with van der Waals surface area (Å²) in [6.07, 6.45) is 0. The lowest BCUT2D eigenvalue weighted by Gasteiger charge is -2.21. The van der Waals surface area contributed by atoms with Crippen molar-refractivity contribution in [2.75, 3.05) is 11.9 Å². The molecule has 2 aromatic carbocycles. The Kier molecular flexibility index (Phi) is 4.23. The summed E-state index contributed by atoms with van der Waals surface area (Å²) in [6.45, 7) is 5.08. The third kappa shape index (κ3) is 3.36. The summed E-state index contributed by atoms with van der Waals surface area (Å²) in [6, 6.07) is 17.1. The van der Waals surface area contributed by atoms with Crippen LogP contribution >= 0.6 is 0 Å². The first kappa shape index (κ1) is 13.6. The smallest absolute Gasteiger partial charge is 0.0428 e. The highest BCUT2D eigenvalue weighted by atomic mass is 15.1. The second kappa shape index (κ2) is 5.89. The van der Waals surface area contributed by atoms with Gasteiger partial charge in [0.2, 0.25) is 0 Å². The van der Waals surface area contributed by atoms with Crippen LogP contribution in [0.15, 0.2) is 48.5 Å². The molecule has 0 heterocycles. The molecule has 0 aromatic heterocycles. The van der Waals surface area contributed by atoms with Crippen molar-refractivity contribution in [3.05, 3.63) is 65.2 Å². The maximum atomic E-state index is 5.87. The molecule has 0 amide bonds. The molecule has 0 aliphatic rings. The van der Waals surface area contributed by atoms with Gasteiger partial charge in [-0.2, -0.15) is 0 Å². The van der Waals surface area contributed by atoms with E-state index in [2.05, 4.69) is 67.4 Å². The molecule has 0 bridgehead atoms. The minimum Gasteiger partial charge on any atom is -0.370 e. The minimum absolute atomic E-state index is 0.0933. The molecule has 0 fully saturated rings. The van der Waals surface area contributed by atoms with E-state index in [-0.39, 0.29) is 6.04 Å². The largest absolute Gasteiger partial charge is 0.370 e. The van der Waals surface area contributed by atoms with Crippen LogP contribution in [-0.2, 0) is 6.54 Å². The van der Waals surface area contributed by atoms with E-state index in [1.165, 1.54) is 22.4 Å². The van der Waals surface area contributed by atoms with Crippen molar-refractivity contribution in [3.63, 3.8) is 0 Å². The monoisotopic (exact) mass is 254 g/mol. The van der Waals surface area contributed by atoms with Crippen molar-refractivity contribution in [1.29, 1.82) is 0 Å². The lowest BCUT2D eigenvalue weighted by Crippen LogP contribution is -2.17. The Morgan fingerprint density at radius 1 is 1.05 bits per heavy atom. The van der Waals surface area contributed by atoms with Crippen LogP contribution in [0.2, 0.25) is 0 Å². The van der Waals surface area contributed by atoms with Crippen molar-refractivity contribution >= 4 is 5.69 Å². The van der Waals surface area contributed by atoms with Gasteiger partial charge in [-0.1, -0.05) is 36.4 Å². The van der Waals surface area contributed by atoms with Gasteiger partial charge in [0.05, 0.1) is 0 Å². The molecular weight excluding hydrogens is 232 g/mol. The van der Waals surface area contributed by atoms with Gasteiger partial charge in [0, 0.05) is 25.3 Å². The fourth-order valence-electron chi connectivity index (χ4n) is 2.17. The van der Waals surface area contributed by atoms with E-state index in [1.54, 1.807) is 0 Å². The van der Waals surface area contributed by atoms with Crippen LogP contribution < -0.4 is 10.6 Å². The Hall–Kier alpha value is -1.80.